The zero-order chi connectivity index (χ0) is 30.2. The fourth-order valence-corrected chi connectivity index (χ4v) is 4.59. The number of methoxy groups -OCH3 is 4. The molecule has 222 valence electrons. The number of urea groups is 1. The third kappa shape index (κ3) is 7.42. The summed E-state index contributed by atoms with van der Waals surface area (Å²) < 4.78 is 22.1. The number of aliphatic hydroxyl groups excluding tert-OH is 1. The van der Waals surface area contributed by atoms with Gasteiger partial charge in [0.2, 0.25) is 0 Å². The summed E-state index contributed by atoms with van der Waals surface area (Å²) >= 11 is 6.54. The number of halogens is 1. The van der Waals surface area contributed by atoms with Gasteiger partial charge in [0.25, 0.3) is 0 Å². The quantitative estimate of drug-likeness (QED) is 0.193. The van der Waals surface area contributed by atoms with Gasteiger partial charge in [0.15, 0.2) is 0 Å². The lowest BCUT2D eigenvalue weighted by atomic mass is 10.1. The molecule has 0 aliphatic rings. The Morgan fingerprint density at radius 3 is 2.05 bits per heavy atom. The van der Waals surface area contributed by atoms with Crippen molar-refractivity contribution in [3.8, 4) is 23.0 Å². The zero-order valence-electron chi connectivity index (χ0n) is 24.1. The number of aromatic nitrogens is 2. The average Bonchev–Trinajstić information content (AvgIpc) is 2.99. The number of nitrogens with zero attached hydrogens (tertiary/aromatic N) is 3. The fourth-order valence-electron chi connectivity index (χ4n) is 4.39. The predicted octanol–water partition coefficient (Wildman–Crippen LogP) is 5.03. The number of hydrogen-bond donors (Lipinski definition) is 3. The first-order chi connectivity index (χ1) is 20.2. The van der Waals surface area contributed by atoms with Gasteiger partial charge in [-0.05, 0) is 48.7 Å². The molecule has 2 aromatic heterocycles. The number of nitrogens with one attached hydrogen (secondary N) is 2. The van der Waals surface area contributed by atoms with E-state index in [-0.39, 0.29) is 11.7 Å². The molecule has 4 rings (SSSR count). The van der Waals surface area contributed by atoms with Crippen molar-refractivity contribution in [3.63, 3.8) is 0 Å². The maximum Gasteiger partial charge on any atom is 0.320 e. The van der Waals surface area contributed by atoms with Gasteiger partial charge in [0.1, 0.15) is 39.8 Å². The number of amides is 2. The SMILES string of the molecule is COc1ccc(CN(Cc2ccc(OC)cc2OC)c2nc(Cl)cc3cc(NC(=O)NC[C@H](C)O)ncc23)c(OC)c1. The Bertz CT molecular complexity index is 1490. The van der Waals surface area contributed by atoms with Gasteiger partial charge < -0.3 is 34.3 Å². The topological polar surface area (TPSA) is 127 Å². The lowest BCUT2D eigenvalue weighted by Crippen LogP contribution is -2.34. The maximum absolute atomic E-state index is 12.3. The Hall–Kier alpha value is -4.48. The molecule has 0 fully saturated rings. The molecule has 0 aliphatic carbocycles. The Kier molecular flexibility index (Phi) is 10.1. The van der Waals surface area contributed by atoms with Crippen LogP contribution in [-0.4, -0.2) is 62.2 Å². The first kappa shape index (κ1) is 30.5. The van der Waals surface area contributed by atoms with Crippen LogP contribution >= 0.6 is 11.6 Å². The van der Waals surface area contributed by atoms with Gasteiger partial charge >= 0.3 is 6.03 Å². The van der Waals surface area contributed by atoms with Gasteiger partial charge in [-0.3, -0.25) is 5.32 Å². The highest BCUT2D eigenvalue weighted by Crippen LogP contribution is 2.35. The summed E-state index contributed by atoms with van der Waals surface area (Å²) in [7, 11) is 6.42. The van der Waals surface area contributed by atoms with Gasteiger partial charge in [0, 0.05) is 54.5 Å². The van der Waals surface area contributed by atoms with Crippen molar-refractivity contribution in [1.82, 2.24) is 15.3 Å². The fraction of sp³-hybridized carbons (Fsp3) is 0.300. The molecular formula is C30H34ClN5O6. The lowest BCUT2D eigenvalue weighted by molar-refractivity contribution is 0.190. The van der Waals surface area contributed by atoms with E-state index in [1.807, 2.05) is 41.3 Å². The van der Waals surface area contributed by atoms with Crippen LogP contribution < -0.4 is 34.5 Å². The summed E-state index contributed by atoms with van der Waals surface area (Å²) in [5.41, 5.74) is 1.78. The molecule has 0 saturated carbocycles. The van der Waals surface area contributed by atoms with E-state index in [4.69, 9.17) is 35.5 Å². The first-order valence-electron chi connectivity index (χ1n) is 13.1. The Morgan fingerprint density at radius 2 is 1.52 bits per heavy atom. The third-order valence-electron chi connectivity index (χ3n) is 6.47. The highest BCUT2D eigenvalue weighted by atomic mass is 35.5. The van der Waals surface area contributed by atoms with Crippen molar-refractivity contribution in [2.24, 2.45) is 0 Å². The number of carbonyl (C=O) groups is 1. The minimum atomic E-state index is -0.674. The molecule has 4 aromatic rings. The summed E-state index contributed by atoms with van der Waals surface area (Å²) in [5, 5.41) is 16.4. The van der Waals surface area contributed by atoms with Crippen LogP contribution in [0.2, 0.25) is 5.15 Å². The molecule has 1 atom stereocenters. The van der Waals surface area contributed by atoms with Crippen molar-refractivity contribution in [3.05, 3.63) is 71.0 Å². The monoisotopic (exact) mass is 595 g/mol. The minimum absolute atomic E-state index is 0.109. The number of rotatable bonds is 12. The molecule has 0 spiro atoms. The summed E-state index contributed by atoms with van der Waals surface area (Å²) in [4.78, 5) is 23.5. The molecule has 0 saturated heterocycles. The molecule has 11 nitrogen and oxygen atoms in total. The van der Waals surface area contributed by atoms with Gasteiger partial charge in [-0.1, -0.05) is 11.6 Å². The highest BCUT2D eigenvalue weighted by Gasteiger charge is 2.20. The van der Waals surface area contributed by atoms with E-state index in [0.29, 0.717) is 53.1 Å². The molecule has 3 N–H and O–H groups in total. The van der Waals surface area contributed by atoms with Crippen LogP contribution in [0.1, 0.15) is 18.1 Å². The van der Waals surface area contributed by atoms with Crippen molar-refractivity contribution >= 4 is 40.0 Å². The van der Waals surface area contributed by atoms with Crippen molar-refractivity contribution in [2.75, 3.05) is 45.2 Å². The van der Waals surface area contributed by atoms with Gasteiger partial charge in [-0.25, -0.2) is 14.8 Å². The van der Waals surface area contributed by atoms with E-state index in [0.717, 1.165) is 16.5 Å². The number of hydrogen-bond acceptors (Lipinski definition) is 9. The molecule has 42 heavy (non-hydrogen) atoms. The molecule has 2 heterocycles. The average molecular weight is 596 g/mol. The highest BCUT2D eigenvalue weighted by molar-refractivity contribution is 6.30. The molecule has 2 aromatic carbocycles. The van der Waals surface area contributed by atoms with Crippen LogP contribution in [0.15, 0.2) is 54.7 Å². The second-order valence-corrected chi connectivity index (χ2v) is 9.84. The van der Waals surface area contributed by atoms with E-state index < -0.39 is 12.1 Å². The maximum atomic E-state index is 12.3. The largest absolute Gasteiger partial charge is 0.497 e. The number of ether oxygens (including phenoxy) is 4. The number of carbonyl (C=O) groups excluding carboxylic acids is 1. The smallest absolute Gasteiger partial charge is 0.320 e. The number of fused-ring (bicyclic) bond motifs is 1. The first-order valence-corrected chi connectivity index (χ1v) is 13.5. The van der Waals surface area contributed by atoms with Crippen LogP contribution in [0.3, 0.4) is 0 Å². The number of aliphatic hydroxyl groups is 1. The van der Waals surface area contributed by atoms with Crippen molar-refractivity contribution in [1.29, 1.82) is 0 Å². The lowest BCUT2D eigenvalue weighted by Gasteiger charge is -2.27. The summed E-state index contributed by atoms with van der Waals surface area (Å²) in [6.45, 7) is 2.48. The second-order valence-electron chi connectivity index (χ2n) is 9.45. The van der Waals surface area contributed by atoms with E-state index in [1.165, 1.54) is 0 Å². The normalized spacial score (nSPS) is 11.5. The number of benzene rings is 2. The van der Waals surface area contributed by atoms with E-state index in [1.54, 1.807) is 53.7 Å². The molecule has 0 radical (unpaired) electrons. The molecule has 2 amide bonds. The van der Waals surface area contributed by atoms with Crippen LogP contribution in [-0.2, 0) is 13.1 Å². The molecule has 0 bridgehead atoms. The standard InChI is InChI=1S/C30H34ClN5O6/c1-18(37)14-33-30(38)35-28-11-21-10-27(31)34-29(24(21)15-32-28)36(16-19-6-8-22(39-2)12-25(19)41-4)17-20-7-9-23(40-3)13-26(20)42-5/h6-13,15,18,37H,14,16-17H2,1-5H3,(H2,32,33,35,38)/t18-/m0/s1. The van der Waals surface area contributed by atoms with E-state index in [2.05, 4.69) is 15.6 Å². The number of anilines is 2. The second kappa shape index (κ2) is 13.9. The Labute approximate surface area is 249 Å². The van der Waals surface area contributed by atoms with Crippen LogP contribution in [0.25, 0.3) is 10.8 Å². The van der Waals surface area contributed by atoms with Crippen molar-refractivity contribution in [2.45, 2.75) is 26.1 Å². The Balaban J connectivity index is 1.78. The van der Waals surface area contributed by atoms with E-state index >= 15 is 0 Å². The molecule has 12 heteroatoms. The zero-order valence-corrected chi connectivity index (χ0v) is 24.9. The van der Waals surface area contributed by atoms with Crippen LogP contribution in [0, 0.1) is 0 Å². The number of pyridine rings is 2. The molecular weight excluding hydrogens is 562 g/mol. The molecule has 0 unspecified atom stereocenters. The summed E-state index contributed by atoms with van der Waals surface area (Å²) in [6.07, 6.45) is 0.967. The van der Waals surface area contributed by atoms with Crippen molar-refractivity contribution < 1.29 is 28.8 Å². The third-order valence-corrected chi connectivity index (χ3v) is 6.67. The Morgan fingerprint density at radius 1 is 0.929 bits per heavy atom. The molecule has 0 aliphatic heterocycles. The van der Waals surface area contributed by atoms with Gasteiger partial charge in [-0.15, -0.1) is 0 Å². The van der Waals surface area contributed by atoms with Crippen LogP contribution in [0.5, 0.6) is 23.0 Å². The van der Waals surface area contributed by atoms with Gasteiger partial charge in [0.05, 0.1) is 34.5 Å². The van der Waals surface area contributed by atoms with Crippen LogP contribution in [0.4, 0.5) is 16.4 Å². The summed E-state index contributed by atoms with van der Waals surface area (Å²) in [6, 6.07) is 14.2. The summed E-state index contributed by atoms with van der Waals surface area (Å²) in [5.74, 6) is 3.55. The van der Waals surface area contributed by atoms with E-state index in [9.17, 15) is 9.90 Å². The predicted molar refractivity (Wildman–Crippen MR) is 162 cm³/mol. The minimum Gasteiger partial charge on any atom is -0.497 e. The van der Waals surface area contributed by atoms with Gasteiger partial charge in [-0.2, -0.15) is 0 Å².